The molecule has 1 aromatic rings. The van der Waals surface area contributed by atoms with Crippen LogP contribution in [0.5, 0.6) is 11.5 Å². The number of methoxy groups -OCH3 is 1. The molecule has 3 N–H and O–H groups in total. The fraction of sp³-hybridized carbons (Fsp3) is 0.400. The molecule has 1 rings (SSSR count). The molecule has 0 bridgehead atoms. The molecule has 25 heavy (non-hydrogen) atoms. The minimum Gasteiger partial charge on any atom is -0.507 e. The zero-order valence-corrected chi connectivity index (χ0v) is 15.0. The number of amides is 1. The first-order chi connectivity index (χ1) is 11.8. The van der Waals surface area contributed by atoms with Crippen LogP contribution in [0.4, 0.5) is 4.79 Å². The second-order valence-electron chi connectivity index (χ2n) is 4.75. The summed E-state index contributed by atoms with van der Waals surface area (Å²) in [5.41, 5.74) is 0.684. The predicted octanol–water partition coefficient (Wildman–Crippen LogP) is 1.80. The number of nitrogens with one attached hydrogen (secondary N) is 1. The second kappa shape index (κ2) is 10.4. The van der Waals surface area contributed by atoms with Crippen molar-refractivity contribution in [2.45, 2.75) is 19.3 Å². The standard InChI is InChI=1S/C15H18BrNO8/c1-23-12-7-10(16)11(18)6-9(12)4-5-17-15(22)25-8-24-14(21)3-2-13(19)20/h6-7,18H,2-5,8H2,1H3,(H,17,22)(H,19,20). The monoisotopic (exact) mass is 419 g/mol. The number of ether oxygens (including phenoxy) is 3. The number of phenols is 1. The Hall–Kier alpha value is -2.49. The van der Waals surface area contributed by atoms with Crippen LogP contribution in [-0.2, 0) is 25.5 Å². The normalized spacial score (nSPS) is 10.0. The maximum Gasteiger partial charge on any atom is 0.410 e. The fourth-order valence-corrected chi connectivity index (χ4v) is 2.07. The number of phenolic OH excluding ortho intramolecular Hbond substituents is 1. The minimum atomic E-state index is -1.12. The summed E-state index contributed by atoms with van der Waals surface area (Å²) in [4.78, 5) is 32.8. The Balaban J connectivity index is 2.30. The average molecular weight is 420 g/mol. The van der Waals surface area contributed by atoms with Gasteiger partial charge in [-0.15, -0.1) is 0 Å². The molecule has 0 fully saturated rings. The SMILES string of the molecule is COc1cc(Br)c(O)cc1CCNC(=O)OCOC(=O)CCC(=O)O. The summed E-state index contributed by atoms with van der Waals surface area (Å²) in [7, 11) is 1.49. The smallest absolute Gasteiger partial charge is 0.410 e. The molecule has 138 valence electrons. The number of hydrogen-bond donors (Lipinski definition) is 3. The van der Waals surface area contributed by atoms with Crippen LogP contribution < -0.4 is 10.1 Å². The zero-order chi connectivity index (χ0) is 18.8. The van der Waals surface area contributed by atoms with E-state index in [2.05, 4.69) is 30.7 Å². The summed E-state index contributed by atoms with van der Waals surface area (Å²) in [5, 5.41) is 20.5. The van der Waals surface area contributed by atoms with Crippen molar-refractivity contribution in [1.29, 1.82) is 0 Å². The number of rotatable bonds is 9. The van der Waals surface area contributed by atoms with Gasteiger partial charge < -0.3 is 29.7 Å². The van der Waals surface area contributed by atoms with Gasteiger partial charge in [-0.3, -0.25) is 9.59 Å². The number of hydrogen-bond acceptors (Lipinski definition) is 7. The quantitative estimate of drug-likeness (QED) is 0.407. The Labute approximate surface area is 152 Å². The Morgan fingerprint density at radius 3 is 2.56 bits per heavy atom. The number of alkyl carbamates (subject to hydrolysis) is 1. The molecule has 0 aliphatic rings. The Morgan fingerprint density at radius 2 is 1.92 bits per heavy atom. The third kappa shape index (κ3) is 7.75. The molecule has 9 nitrogen and oxygen atoms in total. The van der Waals surface area contributed by atoms with Crippen LogP contribution in [0.1, 0.15) is 18.4 Å². The van der Waals surface area contributed by atoms with Crippen molar-refractivity contribution in [3.63, 3.8) is 0 Å². The fourth-order valence-electron chi connectivity index (χ4n) is 1.75. The number of aromatic hydroxyl groups is 1. The van der Waals surface area contributed by atoms with Crippen LogP contribution in [0, 0.1) is 0 Å². The van der Waals surface area contributed by atoms with E-state index in [0.29, 0.717) is 22.2 Å². The van der Waals surface area contributed by atoms with E-state index in [9.17, 15) is 19.5 Å². The van der Waals surface area contributed by atoms with E-state index < -0.39 is 24.8 Å². The third-order valence-corrected chi connectivity index (χ3v) is 3.60. The maximum atomic E-state index is 11.4. The molecule has 0 aliphatic carbocycles. The van der Waals surface area contributed by atoms with Gasteiger partial charge in [-0.05, 0) is 40.0 Å². The van der Waals surface area contributed by atoms with Crippen molar-refractivity contribution in [2.75, 3.05) is 20.4 Å². The highest BCUT2D eigenvalue weighted by Crippen LogP contribution is 2.32. The van der Waals surface area contributed by atoms with Gasteiger partial charge in [0.25, 0.3) is 0 Å². The highest BCUT2D eigenvalue weighted by Gasteiger charge is 2.10. The van der Waals surface area contributed by atoms with Crippen molar-refractivity contribution < 1.29 is 38.8 Å². The van der Waals surface area contributed by atoms with Crippen LogP contribution in [0.25, 0.3) is 0 Å². The largest absolute Gasteiger partial charge is 0.507 e. The number of esters is 1. The molecule has 0 unspecified atom stereocenters. The highest BCUT2D eigenvalue weighted by molar-refractivity contribution is 9.10. The Kier molecular flexibility index (Phi) is 8.54. The van der Waals surface area contributed by atoms with Gasteiger partial charge in [0.1, 0.15) is 11.5 Å². The number of carboxylic acids is 1. The van der Waals surface area contributed by atoms with Gasteiger partial charge in [-0.2, -0.15) is 0 Å². The first-order valence-electron chi connectivity index (χ1n) is 7.17. The molecule has 0 aromatic heterocycles. The molecule has 0 aliphatic heterocycles. The lowest BCUT2D eigenvalue weighted by Gasteiger charge is -2.11. The molecular formula is C15H18BrNO8. The lowest BCUT2D eigenvalue weighted by atomic mass is 10.1. The van der Waals surface area contributed by atoms with Gasteiger partial charge in [0, 0.05) is 6.54 Å². The summed E-state index contributed by atoms with van der Waals surface area (Å²) in [6, 6.07) is 3.12. The summed E-state index contributed by atoms with van der Waals surface area (Å²) in [6.45, 7) is -0.407. The van der Waals surface area contributed by atoms with E-state index in [0.717, 1.165) is 0 Å². The summed E-state index contributed by atoms with van der Waals surface area (Å²) in [6.07, 6.45) is -1.08. The van der Waals surface area contributed by atoms with Crippen LogP contribution in [0.3, 0.4) is 0 Å². The summed E-state index contributed by atoms with van der Waals surface area (Å²) in [5.74, 6) is -1.30. The number of carbonyl (C=O) groups excluding carboxylic acids is 2. The molecule has 0 radical (unpaired) electrons. The topological polar surface area (TPSA) is 131 Å². The van der Waals surface area contributed by atoms with Crippen molar-refractivity contribution in [1.82, 2.24) is 5.32 Å². The van der Waals surface area contributed by atoms with E-state index in [1.165, 1.54) is 13.2 Å². The molecule has 10 heteroatoms. The van der Waals surface area contributed by atoms with Gasteiger partial charge in [0.05, 0.1) is 24.4 Å². The lowest BCUT2D eigenvalue weighted by molar-refractivity contribution is -0.154. The van der Waals surface area contributed by atoms with Gasteiger partial charge in [-0.1, -0.05) is 0 Å². The number of benzene rings is 1. The van der Waals surface area contributed by atoms with E-state index >= 15 is 0 Å². The van der Waals surface area contributed by atoms with Gasteiger partial charge in [0.2, 0.25) is 6.79 Å². The maximum absolute atomic E-state index is 11.4. The number of aliphatic carboxylic acids is 1. The summed E-state index contributed by atoms with van der Waals surface area (Å²) >= 11 is 3.18. The van der Waals surface area contributed by atoms with Crippen LogP contribution in [-0.4, -0.2) is 48.7 Å². The number of carbonyl (C=O) groups is 3. The molecule has 1 amide bonds. The molecule has 0 saturated heterocycles. The van der Waals surface area contributed by atoms with Crippen LogP contribution in [0.2, 0.25) is 0 Å². The first kappa shape index (κ1) is 20.6. The highest BCUT2D eigenvalue weighted by atomic mass is 79.9. The Bertz CT molecular complexity index is 634. The van der Waals surface area contributed by atoms with Crippen molar-refractivity contribution in [3.05, 3.63) is 22.2 Å². The summed E-state index contributed by atoms with van der Waals surface area (Å²) < 4.78 is 14.9. The van der Waals surface area contributed by atoms with Crippen LogP contribution in [0.15, 0.2) is 16.6 Å². The van der Waals surface area contributed by atoms with Crippen molar-refractivity contribution in [3.8, 4) is 11.5 Å². The molecule has 0 saturated carbocycles. The predicted molar refractivity (Wildman–Crippen MR) is 88.4 cm³/mol. The number of carboxylic acid groups (broad SMARTS) is 1. The first-order valence-corrected chi connectivity index (χ1v) is 7.96. The molecular weight excluding hydrogens is 402 g/mol. The van der Waals surface area contributed by atoms with Crippen molar-refractivity contribution >= 4 is 34.0 Å². The molecule has 0 atom stereocenters. The average Bonchev–Trinajstić information content (AvgIpc) is 2.55. The van der Waals surface area contributed by atoms with E-state index in [1.54, 1.807) is 6.07 Å². The molecule has 1 aromatic carbocycles. The van der Waals surface area contributed by atoms with E-state index in [-0.39, 0.29) is 25.1 Å². The van der Waals surface area contributed by atoms with Crippen LogP contribution >= 0.6 is 15.9 Å². The number of halogens is 1. The second-order valence-corrected chi connectivity index (χ2v) is 5.61. The van der Waals surface area contributed by atoms with Crippen molar-refractivity contribution in [2.24, 2.45) is 0 Å². The van der Waals surface area contributed by atoms with E-state index in [1.807, 2.05) is 0 Å². The van der Waals surface area contributed by atoms with Gasteiger partial charge in [-0.25, -0.2) is 4.79 Å². The third-order valence-electron chi connectivity index (χ3n) is 2.97. The lowest BCUT2D eigenvalue weighted by Crippen LogP contribution is -2.27. The van der Waals surface area contributed by atoms with Gasteiger partial charge >= 0.3 is 18.0 Å². The molecule has 0 spiro atoms. The Morgan fingerprint density at radius 1 is 1.20 bits per heavy atom. The van der Waals surface area contributed by atoms with E-state index in [4.69, 9.17) is 9.84 Å². The molecule has 0 heterocycles. The van der Waals surface area contributed by atoms with Gasteiger partial charge in [0.15, 0.2) is 0 Å². The minimum absolute atomic E-state index is 0.0478. The zero-order valence-electron chi connectivity index (χ0n) is 13.4.